The summed E-state index contributed by atoms with van der Waals surface area (Å²) >= 11 is 0. The number of carbonyl (C=O) groups excluding carboxylic acids is 1. The number of carbonyl (C=O) groups is 1. The van der Waals surface area contributed by atoms with Crippen LogP contribution < -0.4 is 10.2 Å². The number of nitrogens with one attached hydrogen (secondary N) is 1. The van der Waals surface area contributed by atoms with Crippen molar-refractivity contribution in [3.8, 4) is 0 Å². The van der Waals surface area contributed by atoms with E-state index < -0.39 is 0 Å². The van der Waals surface area contributed by atoms with E-state index in [1.807, 2.05) is 17.0 Å². The highest BCUT2D eigenvalue weighted by atomic mass is 16.2. The van der Waals surface area contributed by atoms with E-state index in [-0.39, 0.29) is 5.91 Å². The molecule has 2 aromatic rings. The van der Waals surface area contributed by atoms with Crippen LogP contribution in [0.15, 0.2) is 36.5 Å². The highest BCUT2D eigenvalue weighted by molar-refractivity contribution is 5.92. The van der Waals surface area contributed by atoms with E-state index in [0.717, 1.165) is 50.9 Å². The van der Waals surface area contributed by atoms with Crippen LogP contribution in [0.1, 0.15) is 30.3 Å². The summed E-state index contributed by atoms with van der Waals surface area (Å²) in [5.74, 6) is 1.24. The number of likely N-dealkylation sites (N-methyl/N-ethyl adjacent to an activating group) is 1. The molecule has 1 N–H and O–H groups in total. The maximum absolute atomic E-state index is 12.7. The summed E-state index contributed by atoms with van der Waals surface area (Å²) in [6, 6.07) is 10.1. The van der Waals surface area contributed by atoms with Crippen LogP contribution in [0.3, 0.4) is 0 Å². The van der Waals surface area contributed by atoms with Gasteiger partial charge >= 0.3 is 0 Å². The van der Waals surface area contributed by atoms with Crippen molar-refractivity contribution in [1.29, 1.82) is 0 Å². The molecule has 0 spiro atoms. The van der Waals surface area contributed by atoms with Crippen LogP contribution in [0.2, 0.25) is 0 Å². The Morgan fingerprint density at radius 1 is 1.00 bits per heavy atom. The topological polar surface area (TPSA) is 64.6 Å². The van der Waals surface area contributed by atoms with E-state index in [1.54, 1.807) is 12.3 Å². The molecule has 7 nitrogen and oxygen atoms in total. The lowest BCUT2D eigenvalue weighted by molar-refractivity contribution is 0.0658. The molecule has 0 atom stereocenters. The number of rotatable bonds is 4. The monoisotopic (exact) mass is 394 g/mol. The van der Waals surface area contributed by atoms with Crippen molar-refractivity contribution in [3.05, 3.63) is 42.2 Å². The van der Waals surface area contributed by atoms with E-state index in [9.17, 15) is 4.79 Å². The summed E-state index contributed by atoms with van der Waals surface area (Å²) < 4.78 is 0. The van der Waals surface area contributed by atoms with Crippen molar-refractivity contribution in [2.75, 3.05) is 56.5 Å². The molecule has 0 radical (unpaired) electrons. The molecule has 0 saturated carbocycles. The summed E-state index contributed by atoms with van der Waals surface area (Å²) in [6.45, 7) is 7.82. The van der Waals surface area contributed by atoms with Gasteiger partial charge in [0.25, 0.3) is 5.91 Å². The Labute approximate surface area is 172 Å². The highest BCUT2D eigenvalue weighted by Gasteiger charge is 2.21. The lowest BCUT2D eigenvalue weighted by Crippen LogP contribution is -2.47. The van der Waals surface area contributed by atoms with Gasteiger partial charge in [-0.25, -0.2) is 9.97 Å². The summed E-state index contributed by atoms with van der Waals surface area (Å²) in [6.07, 6.45) is 4.14. The van der Waals surface area contributed by atoms with Crippen molar-refractivity contribution in [1.82, 2.24) is 19.8 Å². The maximum atomic E-state index is 12.7. The first-order valence-corrected chi connectivity index (χ1v) is 10.5. The third-order valence-electron chi connectivity index (χ3n) is 5.94. The predicted octanol–water partition coefficient (Wildman–Crippen LogP) is 2.84. The summed E-state index contributed by atoms with van der Waals surface area (Å²) in [5, 5.41) is 3.23. The van der Waals surface area contributed by atoms with Gasteiger partial charge in [0.05, 0.1) is 0 Å². The van der Waals surface area contributed by atoms with E-state index in [1.165, 1.54) is 18.5 Å². The van der Waals surface area contributed by atoms with E-state index >= 15 is 0 Å². The second kappa shape index (κ2) is 8.78. The maximum Gasteiger partial charge on any atom is 0.272 e. The molecule has 2 aliphatic heterocycles. The Bertz CT molecular complexity index is 823. The molecular formula is C22H30N6O. The number of piperazine rings is 1. The first-order valence-electron chi connectivity index (χ1n) is 10.5. The zero-order valence-corrected chi connectivity index (χ0v) is 17.3. The van der Waals surface area contributed by atoms with Gasteiger partial charge in [-0.15, -0.1) is 0 Å². The quantitative estimate of drug-likeness (QED) is 0.860. The van der Waals surface area contributed by atoms with E-state index in [0.29, 0.717) is 11.6 Å². The van der Waals surface area contributed by atoms with Gasteiger partial charge in [0.2, 0.25) is 5.95 Å². The average molecular weight is 395 g/mol. The normalized spacial score (nSPS) is 18.7. The molecule has 0 unspecified atom stereocenters. The Morgan fingerprint density at radius 3 is 2.38 bits per heavy atom. The van der Waals surface area contributed by atoms with Crippen LogP contribution in [-0.2, 0) is 0 Å². The fourth-order valence-corrected chi connectivity index (χ4v) is 3.86. The molecule has 0 aliphatic carbocycles. The van der Waals surface area contributed by atoms with Gasteiger partial charge in [-0.2, -0.15) is 0 Å². The number of nitrogens with zero attached hydrogens (tertiary/aromatic N) is 5. The number of piperidine rings is 1. The Morgan fingerprint density at radius 2 is 1.69 bits per heavy atom. The molecule has 154 valence electrons. The minimum Gasteiger partial charge on any atom is -0.372 e. The van der Waals surface area contributed by atoms with Gasteiger partial charge in [-0.05, 0) is 56.1 Å². The minimum absolute atomic E-state index is 0.0294. The third-order valence-corrected chi connectivity index (χ3v) is 5.94. The molecule has 1 aromatic carbocycles. The zero-order valence-electron chi connectivity index (χ0n) is 17.3. The van der Waals surface area contributed by atoms with E-state index in [4.69, 9.17) is 0 Å². The molecule has 1 aromatic heterocycles. The van der Waals surface area contributed by atoms with Crippen molar-refractivity contribution in [3.63, 3.8) is 0 Å². The molecule has 29 heavy (non-hydrogen) atoms. The highest BCUT2D eigenvalue weighted by Crippen LogP contribution is 2.25. The lowest BCUT2D eigenvalue weighted by atomic mass is 9.99. The van der Waals surface area contributed by atoms with Crippen molar-refractivity contribution in [2.45, 2.75) is 19.8 Å². The second-order valence-electron chi connectivity index (χ2n) is 8.20. The Kier molecular flexibility index (Phi) is 5.94. The second-order valence-corrected chi connectivity index (χ2v) is 8.20. The SMILES string of the molecule is CC1CCN(c2ccc(Nc3nccc(C(=O)N4CCN(C)CC4)n3)cc2)CC1. The van der Waals surface area contributed by atoms with Crippen LogP contribution in [-0.4, -0.2) is 72.0 Å². The third kappa shape index (κ3) is 4.85. The van der Waals surface area contributed by atoms with Gasteiger partial charge in [0.15, 0.2) is 0 Å². The average Bonchev–Trinajstić information content (AvgIpc) is 2.75. The standard InChI is InChI=1S/C22H30N6O/c1-17-8-11-27(12-9-17)19-5-3-18(4-6-19)24-22-23-10-7-20(25-22)21(29)28-15-13-26(2)14-16-28/h3-7,10,17H,8-9,11-16H2,1-2H3,(H,23,24,25). The molecule has 4 rings (SSSR count). The summed E-state index contributed by atoms with van der Waals surface area (Å²) in [7, 11) is 2.08. The number of anilines is 3. The van der Waals surface area contributed by atoms with Crippen molar-refractivity contribution in [2.24, 2.45) is 5.92 Å². The first kappa shape index (κ1) is 19.6. The molecule has 1 amide bonds. The molecule has 2 fully saturated rings. The molecule has 7 heteroatoms. The number of hydrogen-bond acceptors (Lipinski definition) is 6. The Balaban J connectivity index is 1.39. The van der Waals surface area contributed by atoms with Crippen molar-refractivity contribution < 1.29 is 4.79 Å². The zero-order chi connectivity index (χ0) is 20.2. The first-order chi connectivity index (χ1) is 14.1. The molecular weight excluding hydrogens is 364 g/mol. The van der Waals surface area contributed by atoms with Gasteiger partial charge in [0, 0.05) is 56.8 Å². The van der Waals surface area contributed by atoms with Gasteiger partial charge in [-0.1, -0.05) is 6.92 Å². The van der Waals surface area contributed by atoms with Gasteiger partial charge < -0.3 is 20.0 Å². The molecule has 2 aliphatic rings. The van der Waals surface area contributed by atoms with E-state index in [2.05, 4.69) is 51.2 Å². The number of benzene rings is 1. The van der Waals surface area contributed by atoms with Crippen LogP contribution in [0, 0.1) is 5.92 Å². The number of aromatic nitrogens is 2. The lowest BCUT2D eigenvalue weighted by Gasteiger charge is -2.32. The summed E-state index contributed by atoms with van der Waals surface area (Å²) in [5.41, 5.74) is 2.61. The van der Waals surface area contributed by atoms with Crippen LogP contribution in [0.4, 0.5) is 17.3 Å². The smallest absolute Gasteiger partial charge is 0.272 e. The fraction of sp³-hybridized carbons (Fsp3) is 0.500. The number of hydrogen-bond donors (Lipinski definition) is 1. The van der Waals surface area contributed by atoms with Crippen molar-refractivity contribution >= 4 is 23.2 Å². The largest absolute Gasteiger partial charge is 0.372 e. The summed E-state index contributed by atoms with van der Waals surface area (Å²) in [4.78, 5) is 28.0. The van der Waals surface area contributed by atoms with Gasteiger partial charge in [0.1, 0.15) is 5.69 Å². The van der Waals surface area contributed by atoms with Crippen LogP contribution >= 0.6 is 0 Å². The Hall–Kier alpha value is -2.67. The van der Waals surface area contributed by atoms with Crippen LogP contribution in [0.25, 0.3) is 0 Å². The minimum atomic E-state index is -0.0294. The molecule has 2 saturated heterocycles. The molecule has 3 heterocycles. The predicted molar refractivity (Wildman–Crippen MR) is 116 cm³/mol. The molecule has 0 bridgehead atoms. The van der Waals surface area contributed by atoms with Gasteiger partial charge in [-0.3, -0.25) is 4.79 Å². The fourth-order valence-electron chi connectivity index (χ4n) is 3.86. The van der Waals surface area contributed by atoms with Crippen LogP contribution in [0.5, 0.6) is 0 Å². The number of amides is 1.